The number of hydrogen-bond donors (Lipinski definition) is 3. The Morgan fingerprint density at radius 1 is 0.938 bits per heavy atom. The van der Waals surface area contributed by atoms with Crippen LogP contribution in [0.3, 0.4) is 0 Å². The van der Waals surface area contributed by atoms with Crippen molar-refractivity contribution in [1.82, 2.24) is 0 Å². The van der Waals surface area contributed by atoms with Gasteiger partial charge in [-0.1, -0.05) is 88.5 Å². The zero-order chi connectivity index (χ0) is 36.4. The monoisotopic (exact) mass is 670 g/mol. The molecule has 1 fully saturated rings. The molecule has 0 aromatic carbocycles. The number of carbonyl (C=O) groups is 3. The van der Waals surface area contributed by atoms with Crippen molar-refractivity contribution in [2.24, 2.45) is 35.0 Å². The van der Waals surface area contributed by atoms with Gasteiger partial charge in [-0.05, 0) is 88.7 Å². The molecule has 3 N–H and O–H groups in total. The average molecular weight is 671 g/mol. The number of rotatable bonds is 21. The normalized spacial score (nSPS) is 22.0. The minimum Gasteiger partial charge on any atom is -0.462 e. The van der Waals surface area contributed by atoms with Crippen LogP contribution in [0.25, 0.3) is 0 Å². The highest BCUT2D eigenvalue weighted by Gasteiger charge is 2.36. The van der Waals surface area contributed by atoms with Crippen molar-refractivity contribution in [3.63, 3.8) is 0 Å². The third-order valence-electron chi connectivity index (χ3n) is 9.36. The van der Waals surface area contributed by atoms with E-state index in [9.17, 15) is 29.7 Å². The van der Waals surface area contributed by atoms with Crippen LogP contribution in [0.1, 0.15) is 87.0 Å². The second kappa shape index (κ2) is 21.9. The van der Waals surface area contributed by atoms with Crippen molar-refractivity contribution in [2.75, 3.05) is 20.3 Å². The molecule has 6 atom stereocenters. The molecule has 48 heavy (non-hydrogen) atoms. The van der Waals surface area contributed by atoms with Gasteiger partial charge in [-0.2, -0.15) is 0 Å². The Morgan fingerprint density at radius 2 is 1.56 bits per heavy atom. The minimum atomic E-state index is -1.29. The molecule has 1 aliphatic carbocycles. The number of hydrogen-bond acceptors (Lipinski definition) is 8. The molecule has 0 aromatic heterocycles. The van der Waals surface area contributed by atoms with Gasteiger partial charge >= 0.3 is 5.97 Å². The number of methoxy groups -OCH3 is 1. The van der Waals surface area contributed by atoms with Crippen LogP contribution in [0.2, 0.25) is 0 Å². The summed E-state index contributed by atoms with van der Waals surface area (Å²) in [6.07, 6.45) is 19.2. The fourth-order valence-corrected chi connectivity index (χ4v) is 5.81. The summed E-state index contributed by atoms with van der Waals surface area (Å²) < 4.78 is 11.0. The van der Waals surface area contributed by atoms with E-state index in [1.54, 1.807) is 32.1 Å². The molecule has 0 aromatic rings. The first-order chi connectivity index (χ1) is 22.6. The zero-order valence-corrected chi connectivity index (χ0v) is 30.6. The van der Waals surface area contributed by atoms with Gasteiger partial charge in [0, 0.05) is 18.9 Å². The van der Waals surface area contributed by atoms with Crippen LogP contribution in [0, 0.1) is 35.0 Å². The van der Waals surface area contributed by atoms with E-state index in [4.69, 9.17) is 9.47 Å². The Hall–Kier alpha value is -2.91. The lowest BCUT2D eigenvalue weighted by Gasteiger charge is -2.32. The van der Waals surface area contributed by atoms with E-state index in [-0.39, 0.29) is 35.4 Å². The van der Waals surface area contributed by atoms with Crippen LogP contribution in [-0.4, -0.2) is 71.5 Å². The number of esters is 1. The van der Waals surface area contributed by atoms with Crippen molar-refractivity contribution in [2.45, 2.75) is 105 Å². The molecule has 0 spiro atoms. The number of Topliss-reactive ketones (excluding diaryl/α,β-unsaturated/α-hetero) is 1. The van der Waals surface area contributed by atoms with Crippen LogP contribution in [0.15, 0.2) is 72.4 Å². The molecule has 1 aliphatic rings. The number of ether oxygens (including phenoxy) is 2. The van der Waals surface area contributed by atoms with E-state index >= 15 is 0 Å². The summed E-state index contributed by atoms with van der Waals surface area (Å²) in [5, 5.41) is 29.9. The number of carbonyl (C=O) groups excluding carboxylic acids is 3. The quantitative estimate of drug-likeness (QED) is 0.0535. The molecule has 0 saturated heterocycles. The van der Waals surface area contributed by atoms with Crippen molar-refractivity contribution < 1.29 is 39.2 Å². The Morgan fingerprint density at radius 3 is 2.12 bits per heavy atom. The van der Waals surface area contributed by atoms with Gasteiger partial charge in [0.15, 0.2) is 11.6 Å². The highest BCUT2D eigenvalue weighted by Crippen LogP contribution is 2.32. The van der Waals surface area contributed by atoms with E-state index < -0.39 is 42.7 Å². The van der Waals surface area contributed by atoms with Gasteiger partial charge in [0.25, 0.3) is 0 Å². The van der Waals surface area contributed by atoms with Gasteiger partial charge in [-0.15, -0.1) is 0 Å². The van der Waals surface area contributed by atoms with E-state index in [2.05, 4.69) is 13.5 Å². The summed E-state index contributed by atoms with van der Waals surface area (Å²) in [4.78, 5) is 38.5. The molecule has 0 amide bonds. The van der Waals surface area contributed by atoms with Gasteiger partial charge in [-0.25, -0.2) is 0 Å². The maximum atomic E-state index is 13.2. The van der Waals surface area contributed by atoms with Crippen molar-refractivity contribution >= 4 is 17.5 Å². The third kappa shape index (κ3) is 14.7. The molecule has 1 saturated carbocycles. The Bertz CT molecular complexity index is 1180. The molecule has 0 bridgehead atoms. The maximum absolute atomic E-state index is 13.2. The summed E-state index contributed by atoms with van der Waals surface area (Å²) in [5.41, 5.74) is 0.301. The summed E-state index contributed by atoms with van der Waals surface area (Å²) in [6.45, 7) is 15.7. The Balaban J connectivity index is 2.64. The predicted octanol–water partition coefficient (Wildman–Crippen LogP) is 6.67. The van der Waals surface area contributed by atoms with E-state index in [1.807, 2.05) is 57.2 Å². The average Bonchev–Trinajstić information content (AvgIpc) is 3.07. The molecule has 8 nitrogen and oxygen atoms in total. The first-order valence-electron chi connectivity index (χ1n) is 17.3. The topological polar surface area (TPSA) is 130 Å². The largest absolute Gasteiger partial charge is 0.462 e. The van der Waals surface area contributed by atoms with Gasteiger partial charge in [-0.3, -0.25) is 14.4 Å². The lowest BCUT2D eigenvalue weighted by atomic mass is 9.81. The summed E-state index contributed by atoms with van der Waals surface area (Å²) in [6, 6.07) is 0. The number of aliphatic hydroxyl groups excluding tert-OH is 3. The fourth-order valence-electron chi connectivity index (χ4n) is 5.81. The lowest BCUT2D eigenvalue weighted by Crippen LogP contribution is -2.40. The van der Waals surface area contributed by atoms with Crippen LogP contribution < -0.4 is 0 Å². The first-order valence-corrected chi connectivity index (χ1v) is 17.3. The maximum Gasteiger partial charge on any atom is 0.316 e. The van der Waals surface area contributed by atoms with Gasteiger partial charge in [0.05, 0.1) is 13.2 Å². The minimum absolute atomic E-state index is 0.0849. The molecule has 0 radical (unpaired) electrons. The van der Waals surface area contributed by atoms with Crippen LogP contribution in [0.5, 0.6) is 0 Å². The Labute approximate surface area is 289 Å². The second-order valence-corrected chi connectivity index (χ2v) is 14.1. The molecule has 1 rings (SSSR count). The predicted molar refractivity (Wildman–Crippen MR) is 192 cm³/mol. The van der Waals surface area contributed by atoms with Gasteiger partial charge in [0.2, 0.25) is 0 Å². The molecular formula is C40H62O8. The van der Waals surface area contributed by atoms with E-state index in [0.717, 1.165) is 37.7 Å². The van der Waals surface area contributed by atoms with Gasteiger partial charge in [0.1, 0.15) is 23.7 Å². The number of ketones is 2. The summed E-state index contributed by atoms with van der Waals surface area (Å²) in [7, 11) is 1.42. The number of aliphatic hydroxyl groups is 3. The van der Waals surface area contributed by atoms with Crippen LogP contribution in [0.4, 0.5) is 0 Å². The van der Waals surface area contributed by atoms with Crippen molar-refractivity contribution in [3.05, 3.63) is 72.4 Å². The fraction of sp³-hybridized carbons (Fsp3) is 0.625. The van der Waals surface area contributed by atoms with Gasteiger partial charge < -0.3 is 24.8 Å². The molecule has 8 heteroatoms. The van der Waals surface area contributed by atoms with Crippen molar-refractivity contribution in [1.29, 1.82) is 0 Å². The smallest absolute Gasteiger partial charge is 0.316 e. The van der Waals surface area contributed by atoms with E-state index in [0.29, 0.717) is 17.9 Å². The second-order valence-electron chi connectivity index (χ2n) is 14.1. The SMILES string of the molecule is C=C/C(C)=C/C=C/C=C/[C@@H](C)C[C@@H](C)C(=O)[C@H](OC)[C@H](O)/C(C)=C/[C@@H](C)C(=O)/C=C/[C@H](C)CC1CCC(OC(=O)C(C)(CO)CO)CC1. The zero-order valence-electron chi connectivity index (χ0n) is 30.6. The summed E-state index contributed by atoms with van der Waals surface area (Å²) in [5.74, 6) is -0.862. The van der Waals surface area contributed by atoms with Crippen LogP contribution >= 0.6 is 0 Å². The highest BCUT2D eigenvalue weighted by molar-refractivity contribution is 5.93. The molecule has 0 unspecified atom stereocenters. The lowest BCUT2D eigenvalue weighted by molar-refractivity contribution is -0.167. The molecule has 270 valence electrons. The third-order valence-corrected chi connectivity index (χ3v) is 9.36. The van der Waals surface area contributed by atoms with E-state index in [1.165, 1.54) is 14.0 Å². The Kier molecular flexibility index (Phi) is 19.7. The van der Waals surface area contributed by atoms with Crippen LogP contribution in [-0.2, 0) is 23.9 Å². The summed E-state index contributed by atoms with van der Waals surface area (Å²) >= 11 is 0. The number of allylic oxidation sites excluding steroid dienone is 10. The molecular weight excluding hydrogens is 608 g/mol. The first kappa shape index (κ1) is 43.1. The highest BCUT2D eigenvalue weighted by atomic mass is 16.5. The standard InChI is InChI=1S/C40H62O8/c1-10-27(2)14-12-11-13-15-28(3)22-31(6)36(44)38(47-9)37(45)32(7)24-30(5)35(43)21-16-29(4)23-33-17-19-34(20-18-33)48-39(46)40(8,25-41)26-42/h10-16,21,24,28-31,33-34,37-38,41-42,45H,1,17-20,22-23,25-26H2,2-9H3/b12-11+,15-13+,21-16+,27-14+,32-24+/t28-,29+,30-,31-,33?,34?,37-,38+/m1/s1. The molecule has 0 aliphatic heterocycles. The van der Waals surface area contributed by atoms with Crippen molar-refractivity contribution in [3.8, 4) is 0 Å². The molecule has 0 heterocycles.